The number of amidine groups is 1. The highest BCUT2D eigenvalue weighted by molar-refractivity contribution is 6.39. The molecule has 0 bridgehead atoms. The van der Waals surface area contributed by atoms with Gasteiger partial charge in [0.05, 0.1) is 5.69 Å². The fourth-order valence-corrected chi connectivity index (χ4v) is 3.00. The Balaban J connectivity index is 1.37. The van der Waals surface area contributed by atoms with Crippen molar-refractivity contribution in [3.05, 3.63) is 54.1 Å². The molecule has 2 aromatic rings. The van der Waals surface area contributed by atoms with Crippen molar-refractivity contribution in [3.8, 4) is 11.5 Å². The van der Waals surface area contributed by atoms with E-state index in [9.17, 15) is 9.59 Å². The molecule has 4 rings (SSSR count). The van der Waals surface area contributed by atoms with Crippen molar-refractivity contribution in [2.75, 3.05) is 18.3 Å². The Morgan fingerprint density at radius 2 is 2.00 bits per heavy atom. The molecule has 2 amide bonds. The predicted molar refractivity (Wildman–Crippen MR) is 103 cm³/mol. The second kappa shape index (κ2) is 7.59. The molecule has 28 heavy (non-hydrogen) atoms. The summed E-state index contributed by atoms with van der Waals surface area (Å²) in [5, 5.41) is 4.19. The summed E-state index contributed by atoms with van der Waals surface area (Å²) in [6.07, 6.45) is 0.631. The average Bonchev–Trinajstić information content (AvgIpc) is 3.18. The molecule has 0 radical (unpaired) electrons. The number of benzene rings is 2. The number of para-hydroxylation sites is 1. The Morgan fingerprint density at radius 1 is 1.21 bits per heavy atom. The van der Waals surface area contributed by atoms with Crippen molar-refractivity contribution >= 4 is 23.3 Å². The third kappa shape index (κ3) is 3.62. The molecule has 0 saturated carbocycles. The first-order valence-electron chi connectivity index (χ1n) is 9.02. The molecule has 0 fully saturated rings. The van der Waals surface area contributed by atoms with E-state index in [4.69, 9.17) is 9.47 Å². The minimum atomic E-state index is -0.643. The van der Waals surface area contributed by atoms with Gasteiger partial charge in [-0.05, 0) is 43.2 Å². The Hall–Kier alpha value is -3.55. The van der Waals surface area contributed by atoms with E-state index in [0.717, 1.165) is 11.3 Å². The minimum Gasteiger partial charge on any atom is -0.454 e. The van der Waals surface area contributed by atoms with Gasteiger partial charge in [0.2, 0.25) is 12.6 Å². The number of carbonyl (C=O) groups excluding carboxylic acids is 2. The number of anilines is 1. The molecule has 2 heterocycles. The molecule has 0 aliphatic carbocycles. The molecule has 0 aromatic heterocycles. The first-order valence-corrected chi connectivity index (χ1v) is 9.02. The summed E-state index contributed by atoms with van der Waals surface area (Å²) in [7, 11) is 0. The maximum absolute atomic E-state index is 12.5. The first-order chi connectivity index (χ1) is 13.6. The SMILES string of the molecule is C[C@H]1N=C(C(=O)NCCc2ccc3c(c2)OCO3)NN(c2ccccc2)C1=O. The molecule has 2 N–H and O–H groups in total. The van der Waals surface area contributed by atoms with E-state index in [1.165, 1.54) is 5.01 Å². The normalized spacial score (nSPS) is 17.8. The van der Waals surface area contributed by atoms with Gasteiger partial charge in [-0.2, -0.15) is 0 Å². The lowest BCUT2D eigenvalue weighted by atomic mass is 10.1. The number of fused-ring (bicyclic) bond motifs is 1. The number of hydrazine groups is 1. The highest BCUT2D eigenvalue weighted by Crippen LogP contribution is 2.32. The van der Waals surface area contributed by atoms with Gasteiger partial charge in [-0.3, -0.25) is 15.0 Å². The smallest absolute Gasteiger partial charge is 0.288 e. The number of hydrogen-bond donors (Lipinski definition) is 2. The number of amides is 2. The first kappa shape index (κ1) is 17.8. The van der Waals surface area contributed by atoms with Crippen molar-refractivity contribution < 1.29 is 19.1 Å². The van der Waals surface area contributed by atoms with Crippen LogP contribution in [0.1, 0.15) is 12.5 Å². The van der Waals surface area contributed by atoms with E-state index >= 15 is 0 Å². The van der Waals surface area contributed by atoms with Crippen LogP contribution in [0.5, 0.6) is 11.5 Å². The van der Waals surface area contributed by atoms with Crippen molar-refractivity contribution in [3.63, 3.8) is 0 Å². The highest BCUT2D eigenvalue weighted by Gasteiger charge is 2.30. The molecular formula is C20H20N4O4. The van der Waals surface area contributed by atoms with Crippen LogP contribution in [-0.4, -0.2) is 37.0 Å². The minimum absolute atomic E-state index is 0.113. The number of carbonyl (C=O) groups is 2. The number of ether oxygens (including phenoxy) is 2. The molecule has 2 aliphatic rings. The highest BCUT2D eigenvalue weighted by atomic mass is 16.7. The predicted octanol–water partition coefficient (Wildman–Crippen LogP) is 1.41. The van der Waals surface area contributed by atoms with Crippen LogP contribution >= 0.6 is 0 Å². The van der Waals surface area contributed by atoms with Crippen LogP contribution in [0.25, 0.3) is 0 Å². The van der Waals surface area contributed by atoms with Gasteiger partial charge < -0.3 is 14.8 Å². The molecule has 2 aromatic carbocycles. The van der Waals surface area contributed by atoms with Gasteiger partial charge in [0, 0.05) is 6.54 Å². The van der Waals surface area contributed by atoms with Gasteiger partial charge in [-0.25, -0.2) is 10.0 Å². The van der Waals surface area contributed by atoms with Gasteiger partial charge >= 0.3 is 0 Å². The molecular weight excluding hydrogens is 360 g/mol. The van der Waals surface area contributed by atoms with Gasteiger partial charge in [-0.15, -0.1) is 0 Å². The molecule has 0 saturated heterocycles. The Labute approximate surface area is 162 Å². The quantitative estimate of drug-likeness (QED) is 0.818. The average molecular weight is 380 g/mol. The maximum atomic E-state index is 12.5. The summed E-state index contributed by atoms with van der Waals surface area (Å²) >= 11 is 0. The largest absolute Gasteiger partial charge is 0.454 e. The van der Waals surface area contributed by atoms with Gasteiger partial charge in [0.15, 0.2) is 11.5 Å². The summed E-state index contributed by atoms with van der Waals surface area (Å²) in [6, 6.07) is 14.2. The molecule has 2 aliphatic heterocycles. The van der Waals surface area contributed by atoms with Crippen molar-refractivity contribution in [1.82, 2.24) is 10.7 Å². The summed E-state index contributed by atoms with van der Waals surface area (Å²) in [4.78, 5) is 29.1. The Kier molecular flexibility index (Phi) is 4.84. The number of hydrogen-bond acceptors (Lipinski definition) is 6. The van der Waals surface area contributed by atoms with Crippen LogP contribution in [-0.2, 0) is 16.0 Å². The number of rotatable bonds is 5. The maximum Gasteiger partial charge on any atom is 0.288 e. The van der Waals surface area contributed by atoms with Crippen LogP contribution in [0.15, 0.2) is 53.5 Å². The summed E-state index contributed by atoms with van der Waals surface area (Å²) in [5.41, 5.74) is 4.50. The van der Waals surface area contributed by atoms with Crippen molar-refractivity contribution in [2.45, 2.75) is 19.4 Å². The molecule has 1 atom stereocenters. The summed E-state index contributed by atoms with van der Waals surface area (Å²) < 4.78 is 10.7. The van der Waals surface area contributed by atoms with Crippen LogP contribution < -0.4 is 25.2 Å². The van der Waals surface area contributed by atoms with Gasteiger partial charge in [-0.1, -0.05) is 24.3 Å². The zero-order valence-corrected chi connectivity index (χ0v) is 15.3. The lowest BCUT2D eigenvalue weighted by Gasteiger charge is -2.30. The van der Waals surface area contributed by atoms with Crippen LogP contribution in [0.4, 0.5) is 5.69 Å². The van der Waals surface area contributed by atoms with E-state index in [2.05, 4.69) is 15.7 Å². The third-order valence-corrected chi connectivity index (χ3v) is 4.48. The molecule has 0 spiro atoms. The fraction of sp³-hybridized carbons (Fsp3) is 0.250. The molecule has 144 valence electrons. The van der Waals surface area contributed by atoms with Crippen molar-refractivity contribution in [1.29, 1.82) is 0 Å². The van der Waals surface area contributed by atoms with Crippen LogP contribution in [0, 0.1) is 0 Å². The van der Waals surface area contributed by atoms with Crippen LogP contribution in [0.3, 0.4) is 0 Å². The second-order valence-corrected chi connectivity index (χ2v) is 6.47. The molecule has 8 nitrogen and oxygen atoms in total. The Morgan fingerprint density at radius 3 is 2.82 bits per heavy atom. The number of aliphatic imine (C=N–C) groups is 1. The van der Waals surface area contributed by atoms with Crippen molar-refractivity contribution in [2.24, 2.45) is 4.99 Å². The lowest BCUT2D eigenvalue weighted by molar-refractivity contribution is -0.120. The van der Waals surface area contributed by atoms with E-state index in [1.807, 2.05) is 36.4 Å². The topological polar surface area (TPSA) is 92.3 Å². The van der Waals surface area contributed by atoms with E-state index in [1.54, 1.807) is 19.1 Å². The molecule has 8 heteroatoms. The third-order valence-electron chi connectivity index (χ3n) is 4.48. The van der Waals surface area contributed by atoms with Crippen LogP contribution in [0.2, 0.25) is 0 Å². The number of nitrogens with one attached hydrogen (secondary N) is 2. The van der Waals surface area contributed by atoms with E-state index < -0.39 is 6.04 Å². The fourth-order valence-electron chi connectivity index (χ4n) is 3.00. The zero-order chi connectivity index (χ0) is 19.5. The second-order valence-electron chi connectivity index (χ2n) is 6.47. The Bertz CT molecular complexity index is 929. The lowest BCUT2D eigenvalue weighted by Crippen LogP contribution is -2.58. The monoisotopic (exact) mass is 380 g/mol. The summed E-state index contributed by atoms with van der Waals surface area (Å²) in [6.45, 7) is 2.32. The van der Waals surface area contributed by atoms with E-state index in [0.29, 0.717) is 24.4 Å². The molecule has 0 unspecified atom stereocenters. The summed E-state index contributed by atoms with van der Waals surface area (Å²) in [5.74, 6) is 0.979. The van der Waals surface area contributed by atoms with Gasteiger partial charge in [0.1, 0.15) is 6.04 Å². The number of nitrogens with zero attached hydrogens (tertiary/aromatic N) is 2. The van der Waals surface area contributed by atoms with Gasteiger partial charge in [0.25, 0.3) is 11.8 Å². The zero-order valence-electron chi connectivity index (χ0n) is 15.3. The van der Waals surface area contributed by atoms with E-state index in [-0.39, 0.29) is 24.4 Å². The standard InChI is InChI=1S/C20H20N4O4/c1-13-20(26)24(15-5-3-2-4-6-15)23-18(22-13)19(25)21-10-9-14-7-8-16-17(11-14)28-12-27-16/h2-8,11,13H,9-10,12H2,1H3,(H,21,25)(H,22,23)/t13-/m1/s1.